The zero-order valence-electron chi connectivity index (χ0n) is 11.5. The summed E-state index contributed by atoms with van der Waals surface area (Å²) < 4.78 is 1.99. The number of aryl methyl sites for hydroxylation is 1. The lowest BCUT2D eigenvalue weighted by molar-refractivity contribution is -0.00937. The lowest BCUT2D eigenvalue weighted by Gasteiger charge is -2.56. The highest BCUT2D eigenvalue weighted by atomic mass is 15.4. The van der Waals surface area contributed by atoms with Crippen molar-refractivity contribution in [3.63, 3.8) is 0 Å². The zero-order valence-corrected chi connectivity index (χ0v) is 11.5. The van der Waals surface area contributed by atoms with E-state index >= 15 is 0 Å². The number of hydrogen-bond acceptors (Lipinski definition) is 3. The van der Waals surface area contributed by atoms with Crippen molar-refractivity contribution in [3.05, 3.63) is 11.4 Å². The minimum absolute atomic E-state index is 0.222. The summed E-state index contributed by atoms with van der Waals surface area (Å²) >= 11 is 0. The Hall–Kier alpha value is -1.37. The van der Waals surface area contributed by atoms with Gasteiger partial charge in [-0.15, -0.1) is 5.10 Å². The Labute approximate surface area is 113 Å². The molecule has 4 fully saturated rings. The SMILES string of the molecule is CCn1nnc(C#N)c1C12CC3CC(CC(C3)C1)C2. The third-order valence-corrected chi connectivity index (χ3v) is 5.68. The molecule has 4 heteroatoms. The fourth-order valence-corrected chi connectivity index (χ4v) is 5.54. The molecule has 0 aliphatic heterocycles. The molecule has 4 saturated carbocycles. The van der Waals surface area contributed by atoms with Gasteiger partial charge in [-0.3, -0.25) is 0 Å². The van der Waals surface area contributed by atoms with Crippen molar-refractivity contribution in [2.45, 2.75) is 57.4 Å². The van der Waals surface area contributed by atoms with Crippen LogP contribution in [0, 0.1) is 29.1 Å². The van der Waals surface area contributed by atoms with Crippen LogP contribution in [0.15, 0.2) is 0 Å². The van der Waals surface area contributed by atoms with E-state index in [9.17, 15) is 5.26 Å². The zero-order chi connectivity index (χ0) is 13.0. The molecule has 1 heterocycles. The van der Waals surface area contributed by atoms with Gasteiger partial charge in [0, 0.05) is 12.0 Å². The monoisotopic (exact) mass is 256 g/mol. The lowest BCUT2D eigenvalue weighted by atomic mass is 9.48. The fourth-order valence-electron chi connectivity index (χ4n) is 5.54. The van der Waals surface area contributed by atoms with Gasteiger partial charge in [0.1, 0.15) is 6.07 Å². The Morgan fingerprint density at radius 3 is 2.26 bits per heavy atom. The van der Waals surface area contributed by atoms with E-state index in [1.807, 2.05) is 4.68 Å². The van der Waals surface area contributed by atoms with Crippen LogP contribution >= 0.6 is 0 Å². The molecule has 100 valence electrons. The van der Waals surface area contributed by atoms with E-state index < -0.39 is 0 Å². The molecule has 0 radical (unpaired) electrons. The maximum Gasteiger partial charge on any atom is 0.186 e. The summed E-state index contributed by atoms with van der Waals surface area (Å²) in [6, 6.07) is 2.28. The van der Waals surface area contributed by atoms with E-state index in [1.54, 1.807) is 0 Å². The number of nitrogens with zero attached hydrogens (tertiary/aromatic N) is 4. The molecular weight excluding hydrogens is 236 g/mol. The second kappa shape index (κ2) is 3.82. The Balaban J connectivity index is 1.84. The van der Waals surface area contributed by atoms with Gasteiger partial charge in [0.2, 0.25) is 0 Å². The maximum absolute atomic E-state index is 9.36. The Morgan fingerprint density at radius 1 is 1.21 bits per heavy atom. The van der Waals surface area contributed by atoms with E-state index in [0.717, 1.165) is 30.0 Å². The quantitative estimate of drug-likeness (QED) is 0.817. The van der Waals surface area contributed by atoms with E-state index in [0.29, 0.717) is 5.69 Å². The van der Waals surface area contributed by atoms with Crippen molar-refractivity contribution < 1.29 is 0 Å². The molecule has 0 N–H and O–H groups in total. The van der Waals surface area contributed by atoms with Crippen LogP contribution in [0.3, 0.4) is 0 Å². The summed E-state index contributed by atoms with van der Waals surface area (Å²) in [5.41, 5.74) is 1.97. The summed E-state index contributed by atoms with van der Waals surface area (Å²) in [5.74, 6) is 2.66. The van der Waals surface area contributed by atoms with Gasteiger partial charge in [-0.2, -0.15) is 5.26 Å². The lowest BCUT2D eigenvalue weighted by Crippen LogP contribution is -2.49. The highest BCUT2D eigenvalue weighted by molar-refractivity contribution is 5.34. The second-order valence-electron chi connectivity index (χ2n) is 6.91. The predicted molar refractivity (Wildman–Crippen MR) is 70.3 cm³/mol. The van der Waals surface area contributed by atoms with Crippen LogP contribution in [0.1, 0.15) is 56.8 Å². The summed E-state index contributed by atoms with van der Waals surface area (Å²) in [5, 5.41) is 17.7. The predicted octanol–water partition coefficient (Wildman–Crippen LogP) is 2.64. The van der Waals surface area contributed by atoms with Crippen LogP contribution in [-0.4, -0.2) is 15.0 Å². The molecule has 0 saturated heterocycles. The van der Waals surface area contributed by atoms with Gasteiger partial charge < -0.3 is 0 Å². The van der Waals surface area contributed by atoms with E-state index in [4.69, 9.17) is 0 Å². The van der Waals surface area contributed by atoms with Crippen LogP contribution in [0.4, 0.5) is 0 Å². The van der Waals surface area contributed by atoms with Crippen molar-refractivity contribution in [1.82, 2.24) is 15.0 Å². The van der Waals surface area contributed by atoms with Crippen LogP contribution < -0.4 is 0 Å². The smallest absolute Gasteiger partial charge is 0.186 e. The van der Waals surface area contributed by atoms with Gasteiger partial charge in [-0.1, -0.05) is 5.21 Å². The molecule has 4 aliphatic rings. The highest BCUT2D eigenvalue weighted by Crippen LogP contribution is 2.60. The first-order valence-electron chi connectivity index (χ1n) is 7.58. The average molecular weight is 256 g/mol. The van der Waals surface area contributed by atoms with Gasteiger partial charge in [0.15, 0.2) is 5.69 Å². The van der Waals surface area contributed by atoms with E-state index in [1.165, 1.54) is 38.5 Å². The molecule has 5 rings (SSSR count). The molecule has 0 unspecified atom stereocenters. The molecule has 0 aromatic carbocycles. The summed E-state index contributed by atoms with van der Waals surface area (Å²) in [7, 11) is 0. The number of aromatic nitrogens is 3. The molecule has 19 heavy (non-hydrogen) atoms. The molecule has 1 aromatic heterocycles. The number of hydrogen-bond donors (Lipinski definition) is 0. The topological polar surface area (TPSA) is 54.5 Å². The molecule has 0 amide bonds. The van der Waals surface area contributed by atoms with E-state index in [2.05, 4.69) is 23.3 Å². The third-order valence-electron chi connectivity index (χ3n) is 5.68. The largest absolute Gasteiger partial charge is 0.248 e. The Kier molecular flexibility index (Phi) is 2.30. The van der Waals surface area contributed by atoms with Crippen molar-refractivity contribution >= 4 is 0 Å². The van der Waals surface area contributed by atoms with Gasteiger partial charge in [0.05, 0.1) is 5.69 Å². The molecule has 0 atom stereocenters. The standard InChI is InChI=1S/C15H20N4/c1-2-19-14(13(9-16)17-18-19)15-6-10-3-11(7-15)5-12(4-10)8-15/h10-12H,2-8H2,1H3. The van der Waals surface area contributed by atoms with Crippen molar-refractivity contribution in [2.24, 2.45) is 17.8 Å². The molecule has 4 aliphatic carbocycles. The van der Waals surface area contributed by atoms with Gasteiger partial charge in [-0.05, 0) is 63.2 Å². The molecule has 4 bridgehead atoms. The molecule has 4 nitrogen and oxygen atoms in total. The minimum atomic E-state index is 0.222. The summed E-state index contributed by atoms with van der Waals surface area (Å²) in [6.07, 6.45) is 8.07. The summed E-state index contributed by atoms with van der Waals surface area (Å²) in [6.45, 7) is 2.92. The molecule has 1 aromatic rings. The third kappa shape index (κ3) is 1.51. The van der Waals surface area contributed by atoms with E-state index in [-0.39, 0.29) is 5.41 Å². The highest BCUT2D eigenvalue weighted by Gasteiger charge is 2.54. The van der Waals surface area contributed by atoms with Crippen LogP contribution in [0.25, 0.3) is 0 Å². The van der Waals surface area contributed by atoms with Gasteiger partial charge >= 0.3 is 0 Å². The summed E-state index contributed by atoms with van der Waals surface area (Å²) in [4.78, 5) is 0. The first-order valence-corrected chi connectivity index (χ1v) is 7.58. The number of rotatable bonds is 2. The van der Waals surface area contributed by atoms with Crippen LogP contribution in [0.2, 0.25) is 0 Å². The first kappa shape index (κ1) is 11.5. The maximum atomic E-state index is 9.36. The van der Waals surface area contributed by atoms with Gasteiger partial charge in [0.25, 0.3) is 0 Å². The van der Waals surface area contributed by atoms with Crippen molar-refractivity contribution in [3.8, 4) is 6.07 Å². The Morgan fingerprint density at radius 2 is 1.79 bits per heavy atom. The van der Waals surface area contributed by atoms with Crippen LogP contribution in [-0.2, 0) is 12.0 Å². The molecular formula is C15H20N4. The minimum Gasteiger partial charge on any atom is -0.248 e. The van der Waals surface area contributed by atoms with Crippen LogP contribution in [0.5, 0.6) is 0 Å². The Bertz CT molecular complexity index is 516. The first-order chi connectivity index (χ1) is 9.24. The average Bonchev–Trinajstić information content (AvgIpc) is 2.80. The van der Waals surface area contributed by atoms with Crippen molar-refractivity contribution in [2.75, 3.05) is 0 Å². The van der Waals surface area contributed by atoms with Gasteiger partial charge in [-0.25, -0.2) is 4.68 Å². The normalized spacial score (nSPS) is 39.5. The number of nitriles is 1. The second-order valence-corrected chi connectivity index (χ2v) is 6.91. The fraction of sp³-hybridized carbons (Fsp3) is 0.800. The molecule has 0 spiro atoms. The van der Waals surface area contributed by atoms with Crippen molar-refractivity contribution in [1.29, 1.82) is 5.26 Å².